The van der Waals surface area contributed by atoms with Crippen LogP contribution in [-0.2, 0) is 0 Å². The van der Waals surface area contributed by atoms with E-state index in [9.17, 15) is 4.79 Å². The van der Waals surface area contributed by atoms with Crippen molar-refractivity contribution in [1.29, 1.82) is 0 Å². The van der Waals surface area contributed by atoms with Crippen LogP contribution in [0.25, 0.3) is 0 Å². The van der Waals surface area contributed by atoms with Crippen LogP contribution < -0.4 is 4.74 Å². The van der Waals surface area contributed by atoms with Crippen molar-refractivity contribution >= 4 is 5.78 Å². The van der Waals surface area contributed by atoms with Gasteiger partial charge in [0.2, 0.25) is 0 Å². The second-order valence-corrected chi connectivity index (χ2v) is 3.67. The van der Waals surface area contributed by atoms with Crippen molar-refractivity contribution in [2.75, 3.05) is 7.11 Å². The van der Waals surface area contributed by atoms with Crippen molar-refractivity contribution in [3.05, 3.63) is 29.8 Å². The highest BCUT2D eigenvalue weighted by atomic mass is 16.5. The van der Waals surface area contributed by atoms with Gasteiger partial charge in [0.25, 0.3) is 0 Å². The van der Waals surface area contributed by atoms with Gasteiger partial charge in [0, 0.05) is 18.1 Å². The lowest BCUT2D eigenvalue weighted by Crippen LogP contribution is -2.03. The third-order valence-electron chi connectivity index (χ3n) is 1.91. The van der Waals surface area contributed by atoms with Gasteiger partial charge in [-0.1, -0.05) is 19.9 Å². The van der Waals surface area contributed by atoms with Crippen molar-refractivity contribution in [3.8, 4) is 5.75 Å². The summed E-state index contributed by atoms with van der Waals surface area (Å²) in [4.78, 5) is 11.7. The average Bonchev–Trinajstić information content (AvgIpc) is 2.17. The molecular formula is C12H15O2. The maximum absolute atomic E-state index is 11.7. The molecule has 0 aliphatic carbocycles. The summed E-state index contributed by atoms with van der Waals surface area (Å²) >= 11 is 0. The van der Waals surface area contributed by atoms with E-state index in [1.165, 1.54) is 0 Å². The van der Waals surface area contributed by atoms with Gasteiger partial charge in [-0.3, -0.25) is 4.79 Å². The molecule has 0 spiro atoms. The van der Waals surface area contributed by atoms with Gasteiger partial charge in [-0.05, 0) is 18.1 Å². The van der Waals surface area contributed by atoms with E-state index in [-0.39, 0.29) is 5.78 Å². The van der Waals surface area contributed by atoms with Gasteiger partial charge in [0.1, 0.15) is 5.75 Å². The molecule has 1 rings (SSSR count). The largest absolute Gasteiger partial charge is 0.496 e. The first-order valence-electron chi connectivity index (χ1n) is 4.72. The van der Waals surface area contributed by atoms with E-state index in [2.05, 4.69) is 6.07 Å². The number of carbonyl (C=O) groups excluding carboxylic acids is 1. The Labute approximate surface area is 84.9 Å². The van der Waals surface area contributed by atoms with Gasteiger partial charge in [-0.25, -0.2) is 0 Å². The van der Waals surface area contributed by atoms with Crippen LogP contribution in [0.3, 0.4) is 0 Å². The fourth-order valence-corrected chi connectivity index (χ4v) is 1.22. The first-order valence-corrected chi connectivity index (χ1v) is 4.72. The van der Waals surface area contributed by atoms with Crippen LogP contribution in [-0.4, -0.2) is 12.9 Å². The third kappa shape index (κ3) is 2.87. The summed E-state index contributed by atoms with van der Waals surface area (Å²) in [5.74, 6) is 1.16. The lowest BCUT2D eigenvalue weighted by molar-refractivity contribution is 0.0967. The normalized spacial score (nSPS) is 10.3. The topological polar surface area (TPSA) is 26.3 Å². The Morgan fingerprint density at radius 3 is 2.86 bits per heavy atom. The molecule has 14 heavy (non-hydrogen) atoms. The first kappa shape index (κ1) is 10.8. The Bertz CT molecular complexity index is 316. The van der Waals surface area contributed by atoms with E-state index in [1.807, 2.05) is 13.8 Å². The van der Waals surface area contributed by atoms with Crippen molar-refractivity contribution in [2.45, 2.75) is 20.3 Å². The number of carbonyl (C=O) groups is 1. The second kappa shape index (κ2) is 4.80. The van der Waals surface area contributed by atoms with Crippen molar-refractivity contribution < 1.29 is 9.53 Å². The molecule has 1 aromatic rings. The molecule has 0 aromatic heterocycles. The lowest BCUT2D eigenvalue weighted by Gasteiger charge is -2.05. The number of hydrogen-bond acceptors (Lipinski definition) is 2. The van der Waals surface area contributed by atoms with Crippen LogP contribution in [0, 0.1) is 12.0 Å². The highest BCUT2D eigenvalue weighted by Gasteiger charge is 2.08. The fourth-order valence-electron chi connectivity index (χ4n) is 1.22. The summed E-state index contributed by atoms with van der Waals surface area (Å²) in [5.41, 5.74) is 0.703. The van der Waals surface area contributed by atoms with Gasteiger partial charge in [0.05, 0.1) is 7.11 Å². The molecule has 0 amide bonds. The predicted molar refractivity (Wildman–Crippen MR) is 55.6 cm³/mol. The minimum Gasteiger partial charge on any atom is -0.496 e. The number of ketones is 1. The maximum atomic E-state index is 11.7. The van der Waals surface area contributed by atoms with Crippen LogP contribution in [0.2, 0.25) is 0 Å². The monoisotopic (exact) mass is 191 g/mol. The molecule has 0 unspecified atom stereocenters. The Hall–Kier alpha value is -1.31. The van der Waals surface area contributed by atoms with E-state index in [0.717, 1.165) is 0 Å². The number of benzene rings is 1. The van der Waals surface area contributed by atoms with E-state index in [4.69, 9.17) is 4.74 Å². The van der Waals surface area contributed by atoms with E-state index in [0.29, 0.717) is 23.7 Å². The summed E-state index contributed by atoms with van der Waals surface area (Å²) in [6.07, 6.45) is 0.577. The molecule has 75 valence electrons. The standard InChI is InChI=1S/C12H15O2/c1-9(2)7-12(13)10-5-4-6-11(8-10)14-3/h4-5,8-9H,7H2,1-3H3. The zero-order valence-electron chi connectivity index (χ0n) is 8.83. The summed E-state index contributed by atoms with van der Waals surface area (Å²) in [5, 5.41) is 0. The Kier molecular flexibility index (Phi) is 3.69. The Morgan fingerprint density at radius 1 is 1.57 bits per heavy atom. The molecule has 0 aliphatic heterocycles. The van der Waals surface area contributed by atoms with Crippen LogP contribution in [0.15, 0.2) is 18.2 Å². The lowest BCUT2D eigenvalue weighted by atomic mass is 10.0. The van der Waals surface area contributed by atoms with Gasteiger partial charge in [-0.15, -0.1) is 0 Å². The number of methoxy groups -OCH3 is 1. The van der Waals surface area contributed by atoms with Crippen LogP contribution in [0.1, 0.15) is 30.6 Å². The van der Waals surface area contributed by atoms with Gasteiger partial charge in [0.15, 0.2) is 5.78 Å². The Morgan fingerprint density at radius 2 is 2.29 bits per heavy atom. The van der Waals surface area contributed by atoms with Gasteiger partial charge >= 0.3 is 0 Å². The number of Topliss-reactive ketones (excluding diaryl/α,β-unsaturated/α-hetero) is 1. The second-order valence-electron chi connectivity index (χ2n) is 3.67. The van der Waals surface area contributed by atoms with E-state index >= 15 is 0 Å². The van der Waals surface area contributed by atoms with Crippen LogP contribution in [0.4, 0.5) is 0 Å². The zero-order chi connectivity index (χ0) is 10.6. The Balaban J connectivity index is 2.79. The van der Waals surface area contributed by atoms with Gasteiger partial charge < -0.3 is 4.74 Å². The van der Waals surface area contributed by atoms with Crippen LogP contribution >= 0.6 is 0 Å². The molecule has 0 bridgehead atoms. The molecule has 0 aliphatic rings. The summed E-state index contributed by atoms with van der Waals surface area (Å²) in [6.45, 7) is 4.06. The molecule has 1 radical (unpaired) electrons. The number of ether oxygens (including phenoxy) is 1. The average molecular weight is 191 g/mol. The number of hydrogen-bond donors (Lipinski definition) is 0. The van der Waals surface area contributed by atoms with Crippen LogP contribution in [0.5, 0.6) is 5.75 Å². The maximum Gasteiger partial charge on any atom is 0.163 e. The molecule has 0 N–H and O–H groups in total. The smallest absolute Gasteiger partial charge is 0.163 e. The molecule has 0 atom stereocenters. The molecule has 0 fully saturated rings. The molecular weight excluding hydrogens is 176 g/mol. The predicted octanol–water partition coefficient (Wildman–Crippen LogP) is 2.72. The SMILES string of the molecule is COc1[c]ccc(C(=O)CC(C)C)c1. The van der Waals surface area contributed by atoms with E-state index in [1.54, 1.807) is 25.3 Å². The molecule has 0 saturated carbocycles. The minimum absolute atomic E-state index is 0.160. The first-order chi connectivity index (χ1) is 6.63. The summed E-state index contributed by atoms with van der Waals surface area (Å²) in [6, 6.07) is 8.10. The van der Waals surface area contributed by atoms with Crippen molar-refractivity contribution in [1.82, 2.24) is 0 Å². The fraction of sp³-hybridized carbons (Fsp3) is 0.417. The highest BCUT2D eigenvalue weighted by molar-refractivity contribution is 5.96. The molecule has 0 heterocycles. The van der Waals surface area contributed by atoms with Crippen molar-refractivity contribution in [3.63, 3.8) is 0 Å². The minimum atomic E-state index is 0.160. The molecule has 0 saturated heterocycles. The third-order valence-corrected chi connectivity index (χ3v) is 1.91. The van der Waals surface area contributed by atoms with Crippen molar-refractivity contribution in [2.24, 2.45) is 5.92 Å². The number of rotatable bonds is 4. The van der Waals surface area contributed by atoms with Gasteiger partial charge in [-0.2, -0.15) is 0 Å². The molecule has 1 aromatic carbocycles. The summed E-state index contributed by atoms with van der Waals surface area (Å²) < 4.78 is 5.00. The highest BCUT2D eigenvalue weighted by Crippen LogP contribution is 2.15. The molecule has 2 heteroatoms. The van der Waals surface area contributed by atoms with E-state index < -0.39 is 0 Å². The zero-order valence-corrected chi connectivity index (χ0v) is 8.83. The molecule has 2 nitrogen and oxygen atoms in total. The summed E-state index contributed by atoms with van der Waals surface area (Å²) in [7, 11) is 1.57. The quantitative estimate of drug-likeness (QED) is 0.684.